The molecule has 0 saturated heterocycles. The van der Waals surface area contributed by atoms with E-state index >= 15 is 0 Å². The lowest BCUT2D eigenvalue weighted by Gasteiger charge is -1.93. The van der Waals surface area contributed by atoms with Crippen LogP contribution in [0.1, 0.15) is 17.5 Å². The maximum atomic E-state index is 4.25. The van der Waals surface area contributed by atoms with E-state index in [1.807, 2.05) is 0 Å². The van der Waals surface area contributed by atoms with Gasteiger partial charge in [0.1, 0.15) is 0 Å². The maximum Gasteiger partial charge on any atom is 0.0351 e. The quantitative estimate of drug-likeness (QED) is 0.572. The molecule has 1 aromatic carbocycles. The van der Waals surface area contributed by atoms with Crippen LogP contribution in [0.3, 0.4) is 0 Å². The lowest BCUT2D eigenvalue weighted by atomic mass is 10.1. The van der Waals surface area contributed by atoms with Crippen LogP contribution in [0.5, 0.6) is 0 Å². The second kappa shape index (κ2) is 4.94. The lowest BCUT2D eigenvalue weighted by molar-refractivity contribution is 0.277. The molecule has 0 bridgehead atoms. The number of aryl methyl sites for hydroxylation is 2. The standard InChI is InChI=1S/C9H10.C2H6O/c1-2-5-9-7-3-6-8(9)4-1;1-3-2/h1-2,4-5H,3,6-7H2;1-2H3. The molecule has 0 spiro atoms. The minimum Gasteiger partial charge on any atom is -0.388 e. The molecule has 0 heterocycles. The summed E-state index contributed by atoms with van der Waals surface area (Å²) in [5.41, 5.74) is 3.13. The first-order valence-corrected chi connectivity index (χ1v) is 4.35. The fraction of sp³-hybridized carbons (Fsp3) is 0.455. The van der Waals surface area contributed by atoms with Crippen molar-refractivity contribution in [2.24, 2.45) is 0 Å². The van der Waals surface area contributed by atoms with Crippen molar-refractivity contribution < 1.29 is 4.74 Å². The first kappa shape index (κ1) is 9.27. The summed E-state index contributed by atoms with van der Waals surface area (Å²) in [7, 11) is 3.25. The summed E-state index contributed by atoms with van der Waals surface area (Å²) < 4.78 is 4.25. The molecule has 12 heavy (non-hydrogen) atoms. The van der Waals surface area contributed by atoms with Crippen LogP contribution in [-0.2, 0) is 17.6 Å². The van der Waals surface area contributed by atoms with Crippen molar-refractivity contribution in [2.75, 3.05) is 14.2 Å². The molecule has 0 aliphatic heterocycles. The van der Waals surface area contributed by atoms with Crippen molar-refractivity contribution in [1.29, 1.82) is 0 Å². The molecule has 0 N–H and O–H groups in total. The Hall–Kier alpha value is -0.820. The van der Waals surface area contributed by atoms with Crippen LogP contribution in [0.25, 0.3) is 0 Å². The van der Waals surface area contributed by atoms with Gasteiger partial charge < -0.3 is 4.74 Å². The molecule has 0 aromatic heterocycles. The van der Waals surface area contributed by atoms with E-state index in [9.17, 15) is 0 Å². The number of hydrogen-bond acceptors (Lipinski definition) is 1. The van der Waals surface area contributed by atoms with Gasteiger partial charge in [0.05, 0.1) is 0 Å². The van der Waals surface area contributed by atoms with Crippen LogP contribution in [0.4, 0.5) is 0 Å². The highest BCUT2D eigenvalue weighted by atomic mass is 16.4. The Labute approximate surface area is 74.4 Å². The Kier molecular flexibility index (Phi) is 3.81. The predicted octanol–water partition coefficient (Wildman–Crippen LogP) is 2.44. The SMILES string of the molecule is COC.c1ccc2c(c1)CCC2. The molecule has 0 radical (unpaired) electrons. The first-order chi connectivity index (χ1) is 5.88. The largest absolute Gasteiger partial charge is 0.388 e. The van der Waals surface area contributed by atoms with E-state index in [1.165, 1.54) is 19.3 Å². The molecule has 2 rings (SSSR count). The van der Waals surface area contributed by atoms with Crippen molar-refractivity contribution in [3.63, 3.8) is 0 Å². The minimum absolute atomic E-state index is 1.30. The molecule has 1 nitrogen and oxygen atoms in total. The van der Waals surface area contributed by atoms with E-state index in [0.29, 0.717) is 0 Å². The van der Waals surface area contributed by atoms with Crippen LogP contribution in [0.15, 0.2) is 24.3 Å². The van der Waals surface area contributed by atoms with Gasteiger partial charge >= 0.3 is 0 Å². The average molecular weight is 164 g/mol. The van der Waals surface area contributed by atoms with Crippen molar-refractivity contribution in [3.8, 4) is 0 Å². The topological polar surface area (TPSA) is 9.23 Å². The fourth-order valence-corrected chi connectivity index (χ4v) is 1.51. The molecule has 66 valence electrons. The predicted molar refractivity (Wildman–Crippen MR) is 51.4 cm³/mol. The lowest BCUT2D eigenvalue weighted by Crippen LogP contribution is -1.77. The summed E-state index contributed by atoms with van der Waals surface area (Å²) in [5, 5.41) is 0. The molecule has 0 atom stereocenters. The van der Waals surface area contributed by atoms with Crippen molar-refractivity contribution in [2.45, 2.75) is 19.3 Å². The zero-order valence-electron chi connectivity index (χ0n) is 7.84. The van der Waals surface area contributed by atoms with Crippen molar-refractivity contribution in [3.05, 3.63) is 35.4 Å². The molecule has 1 aliphatic carbocycles. The van der Waals surface area contributed by atoms with Gasteiger partial charge in [-0.15, -0.1) is 0 Å². The van der Waals surface area contributed by atoms with Gasteiger partial charge in [0.25, 0.3) is 0 Å². The highest BCUT2D eigenvalue weighted by Gasteiger charge is 2.07. The van der Waals surface area contributed by atoms with E-state index in [-0.39, 0.29) is 0 Å². The number of fused-ring (bicyclic) bond motifs is 1. The average Bonchev–Trinajstić information content (AvgIpc) is 2.52. The van der Waals surface area contributed by atoms with Gasteiger partial charge in [-0.3, -0.25) is 0 Å². The third kappa shape index (κ3) is 2.35. The van der Waals surface area contributed by atoms with Crippen molar-refractivity contribution >= 4 is 0 Å². The summed E-state index contributed by atoms with van der Waals surface area (Å²) in [4.78, 5) is 0. The molecular formula is C11H16O. The fourth-order valence-electron chi connectivity index (χ4n) is 1.51. The van der Waals surface area contributed by atoms with Crippen LogP contribution >= 0.6 is 0 Å². The van der Waals surface area contributed by atoms with Crippen LogP contribution in [0, 0.1) is 0 Å². The Balaban J connectivity index is 0.000000213. The first-order valence-electron chi connectivity index (χ1n) is 4.35. The highest BCUT2D eigenvalue weighted by molar-refractivity contribution is 5.30. The summed E-state index contributed by atoms with van der Waals surface area (Å²) >= 11 is 0. The Bertz CT molecular complexity index is 207. The normalized spacial score (nSPS) is 13.2. The van der Waals surface area contributed by atoms with E-state index in [0.717, 1.165) is 0 Å². The van der Waals surface area contributed by atoms with E-state index in [2.05, 4.69) is 29.0 Å². The summed E-state index contributed by atoms with van der Waals surface area (Å²) in [5.74, 6) is 0. The van der Waals surface area contributed by atoms with Crippen LogP contribution < -0.4 is 0 Å². The summed E-state index contributed by atoms with van der Waals surface area (Å²) in [6.07, 6.45) is 3.96. The van der Waals surface area contributed by atoms with Gasteiger partial charge in [-0.25, -0.2) is 0 Å². The number of ether oxygens (including phenoxy) is 1. The Morgan fingerprint density at radius 3 is 1.83 bits per heavy atom. The van der Waals surface area contributed by atoms with E-state index in [1.54, 1.807) is 25.3 Å². The molecule has 0 amide bonds. The molecule has 0 saturated carbocycles. The second-order valence-corrected chi connectivity index (χ2v) is 3.03. The third-order valence-corrected chi connectivity index (χ3v) is 2.01. The van der Waals surface area contributed by atoms with Crippen LogP contribution in [-0.4, -0.2) is 14.2 Å². The summed E-state index contributed by atoms with van der Waals surface area (Å²) in [6, 6.07) is 8.74. The van der Waals surface area contributed by atoms with Gasteiger partial charge in [0.15, 0.2) is 0 Å². The van der Waals surface area contributed by atoms with Gasteiger partial charge in [0, 0.05) is 14.2 Å². The van der Waals surface area contributed by atoms with E-state index < -0.39 is 0 Å². The van der Waals surface area contributed by atoms with Crippen molar-refractivity contribution in [1.82, 2.24) is 0 Å². The maximum absolute atomic E-state index is 4.25. The molecule has 1 aliphatic rings. The Morgan fingerprint density at radius 2 is 1.42 bits per heavy atom. The Morgan fingerprint density at radius 1 is 1.00 bits per heavy atom. The second-order valence-electron chi connectivity index (χ2n) is 3.03. The monoisotopic (exact) mass is 164 g/mol. The van der Waals surface area contributed by atoms with Gasteiger partial charge in [-0.2, -0.15) is 0 Å². The number of rotatable bonds is 0. The molecular weight excluding hydrogens is 148 g/mol. The van der Waals surface area contributed by atoms with Gasteiger partial charge in [0.2, 0.25) is 0 Å². The molecule has 1 heteroatoms. The molecule has 0 unspecified atom stereocenters. The highest BCUT2D eigenvalue weighted by Crippen LogP contribution is 2.20. The van der Waals surface area contributed by atoms with Crippen LogP contribution in [0.2, 0.25) is 0 Å². The molecule has 1 aromatic rings. The summed E-state index contributed by atoms with van der Waals surface area (Å²) in [6.45, 7) is 0. The number of methoxy groups -OCH3 is 1. The minimum atomic E-state index is 1.30. The zero-order chi connectivity index (χ0) is 8.81. The van der Waals surface area contributed by atoms with Gasteiger partial charge in [-0.05, 0) is 30.4 Å². The third-order valence-electron chi connectivity index (χ3n) is 2.01. The zero-order valence-corrected chi connectivity index (χ0v) is 7.84. The van der Waals surface area contributed by atoms with Gasteiger partial charge in [-0.1, -0.05) is 24.3 Å². The number of benzene rings is 1. The smallest absolute Gasteiger partial charge is 0.0351 e. The van der Waals surface area contributed by atoms with E-state index in [4.69, 9.17) is 0 Å². The number of hydrogen-bond donors (Lipinski definition) is 0. The molecule has 0 fully saturated rings.